The van der Waals surface area contributed by atoms with Crippen molar-refractivity contribution in [3.63, 3.8) is 0 Å². The van der Waals surface area contributed by atoms with Crippen LogP contribution in [0.5, 0.6) is 0 Å². The van der Waals surface area contributed by atoms with Gasteiger partial charge in [0.1, 0.15) is 0 Å². The van der Waals surface area contributed by atoms with Crippen molar-refractivity contribution in [1.29, 1.82) is 0 Å². The quantitative estimate of drug-likeness (QED) is 0.255. The van der Waals surface area contributed by atoms with Gasteiger partial charge in [-0.25, -0.2) is 0 Å². The fourth-order valence-corrected chi connectivity index (χ4v) is 4.37. The van der Waals surface area contributed by atoms with Gasteiger partial charge in [0.2, 0.25) is 0 Å². The zero-order valence-corrected chi connectivity index (χ0v) is 24.6. The average Bonchev–Trinajstić information content (AvgIpc) is 3.19. The SMILES string of the molecule is CCOC(=O)C1(c2c[n]([Tl])cn2)CC1CCCN(C(=O)OC(C)(C)C)C(=O)OC(C)(C)C. The van der Waals surface area contributed by atoms with Crippen molar-refractivity contribution in [2.45, 2.75) is 84.3 Å². The van der Waals surface area contributed by atoms with E-state index < -0.39 is 28.8 Å². The molecule has 0 bridgehead atoms. The molecule has 10 heteroatoms. The maximum atomic E-state index is 12.8. The number of esters is 1. The van der Waals surface area contributed by atoms with Crippen molar-refractivity contribution in [2.24, 2.45) is 5.92 Å². The van der Waals surface area contributed by atoms with E-state index in [1.165, 1.54) is 0 Å². The van der Waals surface area contributed by atoms with E-state index in [4.69, 9.17) is 14.2 Å². The summed E-state index contributed by atoms with van der Waals surface area (Å²) < 4.78 is 18.1. The van der Waals surface area contributed by atoms with E-state index in [9.17, 15) is 14.4 Å². The van der Waals surface area contributed by atoms with Gasteiger partial charge < -0.3 is 0 Å². The number of amides is 2. The van der Waals surface area contributed by atoms with Crippen LogP contribution in [0.25, 0.3) is 0 Å². The van der Waals surface area contributed by atoms with Gasteiger partial charge in [-0.05, 0) is 41.5 Å². The smallest absolute Gasteiger partial charge is 0.0253 e. The zero-order valence-electron chi connectivity index (χ0n) is 20.1. The topological polar surface area (TPSA) is 100.0 Å². The standard InChI is InChI=1S/C22H34N3O6.Tl/c1-8-29-17(26)22(16-13-23-14-24-16)12-15(22)10-9-11-25(18(27)30-20(2,3)4)19(28)31-21(5,6)7;/h13-15H,8-12H2,1-7H3;/q-1;+1. The monoisotopic (exact) mass is 641 g/mol. The van der Waals surface area contributed by atoms with Crippen molar-refractivity contribution in [2.75, 3.05) is 13.2 Å². The van der Waals surface area contributed by atoms with Crippen molar-refractivity contribution in [1.82, 2.24) is 12.3 Å². The van der Waals surface area contributed by atoms with Crippen LogP contribution in [0.15, 0.2) is 12.5 Å². The Bertz CT molecular complexity index is 813. The summed E-state index contributed by atoms with van der Waals surface area (Å²) in [5.74, 6) is -0.217. The van der Waals surface area contributed by atoms with E-state index in [0.717, 1.165) is 10.6 Å². The summed E-state index contributed by atoms with van der Waals surface area (Å²) >= 11 is 0.564. The molecule has 0 spiro atoms. The van der Waals surface area contributed by atoms with Gasteiger partial charge in [-0.2, -0.15) is 0 Å². The van der Waals surface area contributed by atoms with E-state index in [1.807, 2.05) is 8.57 Å². The Hall–Kier alpha value is -1.66. The number of ether oxygens (including phenoxy) is 3. The van der Waals surface area contributed by atoms with E-state index in [0.29, 0.717) is 51.9 Å². The van der Waals surface area contributed by atoms with Crippen LogP contribution in [0.4, 0.5) is 9.59 Å². The van der Waals surface area contributed by atoms with Crippen LogP contribution in [0.2, 0.25) is 0 Å². The first-order valence-corrected chi connectivity index (χ1v) is 12.9. The Balaban J connectivity index is 2.08. The summed E-state index contributed by atoms with van der Waals surface area (Å²) in [5.41, 5.74) is -1.48. The number of imide groups is 1. The Labute approximate surface area is 206 Å². The first kappa shape index (κ1) is 26.6. The van der Waals surface area contributed by atoms with Gasteiger partial charge in [0.05, 0.1) is 0 Å². The van der Waals surface area contributed by atoms with Gasteiger partial charge in [0.25, 0.3) is 0 Å². The van der Waals surface area contributed by atoms with Crippen LogP contribution in [0, 0.1) is 5.92 Å². The molecule has 1 aromatic heterocycles. The van der Waals surface area contributed by atoms with E-state index in [-0.39, 0.29) is 18.4 Å². The van der Waals surface area contributed by atoms with Crippen molar-refractivity contribution in [3.8, 4) is 0 Å². The Morgan fingerprint density at radius 3 is 2.16 bits per heavy atom. The molecule has 1 saturated carbocycles. The summed E-state index contributed by atoms with van der Waals surface area (Å²) in [6.07, 6.45) is 3.96. The third kappa shape index (κ3) is 6.92. The average molecular weight is 641 g/mol. The molecule has 0 aromatic carbocycles. The molecule has 32 heavy (non-hydrogen) atoms. The molecule has 2 atom stereocenters. The van der Waals surface area contributed by atoms with Gasteiger partial charge in [0, 0.05) is 0 Å². The molecule has 9 nitrogen and oxygen atoms in total. The van der Waals surface area contributed by atoms with Crippen molar-refractivity contribution < 1.29 is 28.6 Å². The molecule has 0 N–H and O–H groups in total. The summed E-state index contributed by atoms with van der Waals surface area (Å²) in [6.45, 7) is 12.7. The van der Waals surface area contributed by atoms with Gasteiger partial charge >= 0.3 is 165 Å². The Morgan fingerprint density at radius 1 is 1.16 bits per heavy atom. The summed E-state index contributed by atoms with van der Waals surface area (Å²) in [7, 11) is 0. The molecule has 0 aliphatic heterocycles. The fraction of sp³-hybridized carbons (Fsp3) is 0.727. The van der Waals surface area contributed by atoms with E-state index in [1.54, 1.807) is 54.8 Å². The van der Waals surface area contributed by atoms with E-state index >= 15 is 0 Å². The minimum absolute atomic E-state index is 0.0422. The minimum Gasteiger partial charge on any atom is -0.0253 e. The number of nitrogens with zero attached hydrogens (tertiary/aromatic N) is 3. The van der Waals surface area contributed by atoms with Crippen LogP contribution in [0.1, 0.15) is 73.4 Å². The molecule has 1 aliphatic rings. The zero-order chi connectivity index (χ0) is 24.3. The van der Waals surface area contributed by atoms with Gasteiger partial charge in [-0.1, -0.05) is 0 Å². The van der Waals surface area contributed by atoms with Crippen molar-refractivity contribution >= 4 is 44.2 Å². The molecule has 2 amide bonds. The third-order valence-electron chi connectivity index (χ3n) is 4.97. The molecule has 1 aliphatic carbocycles. The normalized spacial score (nSPS) is 20.4. The second-order valence-electron chi connectivity index (χ2n) is 10.1. The number of rotatable bonds is 7. The molecular formula is C22H34N3O6Tl. The predicted octanol–water partition coefficient (Wildman–Crippen LogP) is 3.59. The minimum atomic E-state index is -0.741. The summed E-state index contributed by atoms with van der Waals surface area (Å²) in [6, 6.07) is 0. The summed E-state index contributed by atoms with van der Waals surface area (Å²) in [4.78, 5) is 43.5. The fourth-order valence-electron chi connectivity index (χ4n) is 3.56. The molecular weight excluding hydrogens is 607 g/mol. The van der Waals surface area contributed by atoms with Crippen LogP contribution in [-0.4, -0.2) is 80.8 Å². The predicted molar refractivity (Wildman–Crippen MR) is 118 cm³/mol. The molecule has 1 heterocycles. The first-order valence-electron chi connectivity index (χ1n) is 10.9. The third-order valence-corrected chi connectivity index (χ3v) is 6.06. The number of hydrogen-bond acceptors (Lipinski definition) is 7. The second-order valence-corrected chi connectivity index (χ2v) is 12.4. The molecule has 1 fully saturated rings. The number of carbonyl (C=O) groups excluding carboxylic acids is 3. The molecule has 2 rings (SSSR count). The van der Waals surface area contributed by atoms with Gasteiger partial charge in [-0.3, -0.25) is 0 Å². The molecule has 1 aromatic rings. The first-order chi connectivity index (χ1) is 14.7. The Morgan fingerprint density at radius 2 is 1.72 bits per heavy atom. The van der Waals surface area contributed by atoms with E-state index in [2.05, 4.69) is 4.98 Å². The van der Waals surface area contributed by atoms with Crippen LogP contribution in [-0.2, 0) is 24.4 Å². The molecule has 0 radical (unpaired) electrons. The van der Waals surface area contributed by atoms with Crippen LogP contribution in [0.3, 0.4) is 0 Å². The number of imidazole rings is 1. The molecule has 2 unspecified atom stereocenters. The summed E-state index contributed by atoms with van der Waals surface area (Å²) in [5, 5.41) is 0. The second kappa shape index (κ2) is 10.1. The van der Waals surface area contributed by atoms with Crippen LogP contribution >= 0.6 is 0 Å². The van der Waals surface area contributed by atoms with Crippen molar-refractivity contribution in [3.05, 3.63) is 18.2 Å². The number of aromatic nitrogens is 2. The Kier molecular flexibility index (Phi) is 8.38. The molecule has 0 saturated heterocycles. The maximum absolute atomic E-state index is 12.8. The number of hydrogen-bond donors (Lipinski definition) is 0. The van der Waals surface area contributed by atoms with Crippen LogP contribution < -0.4 is 0 Å². The molecule has 176 valence electrons. The number of carbonyl (C=O) groups is 3. The van der Waals surface area contributed by atoms with Gasteiger partial charge in [-0.15, -0.1) is 0 Å². The van der Waals surface area contributed by atoms with Gasteiger partial charge in [0.15, 0.2) is 0 Å².